The molecule has 0 aromatic heterocycles. The molecule has 21 heavy (non-hydrogen) atoms. The predicted molar refractivity (Wildman–Crippen MR) is 87.2 cm³/mol. The van der Waals surface area contributed by atoms with E-state index < -0.39 is 0 Å². The average Bonchev–Trinajstić information content (AvgIpc) is 2.40. The van der Waals surface area contributed by atoms with Gasteiger partial charge in [-0.25, -0.2) is 4.39 Å². The van der Waals surface area contributed by atoms with Gasteiger partial charge in [-0.1, -0.05) is 41.5 Å². The van der Waals surface area contributed by atoms with Crippen LogP contribution in [0, 0.1) is 19.7 Å². The summed E-state index contributed by atoms with van der Waals surface area (Å²) < 4.78 is 12.8. The Hall–Kier alpha value is -1.61. The number of hydrogen-bond acceptors (Lipinski definition) is 2. The first-order valence-corrected chi connectivity index (χ1v) is 8.09. The lowest BCUT2D eigenvalue weighted by molar-refractivity contribution is -0.116. The van der Waals surface area contributed by atoms with E-state index in [9.17, 15) is 9.18 Å². The van der Waals surface area contributed by atoms with E-state index >= 15 is 0 Å². The highest BCUT2D eigenvalue weighted by atomic mass is 32.2. The smallest absolute Gasteiger partial charge is 0.147 e. The second kappa shape index (κ2) is 7.41. The highest BCUT2D eigenvalue weighted by molar-refractivity contribution is 7.99. The molecule has 2 aromatic rings. The van der Waals surface area contributed by atoms with E-state index in [-0.39, 0.29) is 11.6 Å². The van der Waals surface area contributed by atoms with E-state index in [0.29, 0.717) is 12.2 Å². The molecule has 0 bridgehead atoms. The largest absolute Gasteiger partial charge is 0.298 e. The van der Waals surface area contributed by atoms with Crippen molar-refractivity contribution >= 4 is 17.5 Å². The Labute approximate surface area is 129 Å². The highest BCUT2D eigenvalue weighted by Crippen LogP contribution is 2.16. The number of aryl methyl sites for hydroxylation is 2. The fraction of sp³-hybridized carbons (Fsp3) is 0.278. The third kappa shape index (κ3) is 5.35. The topological polar surface area (TPSA) is 17.1 Å². The number of ketones is 1. The van der Waals surface area contributed by atoms with Crippen LogP contribution in [0.1, 0.15) is 22.3 Å². The summed E-state index contributed by atoms with van der Waals surface area (Å²) in [6, 6.07) is 12.6. The van der Waals surface area contributed by atoms with Crippen molar-refractivity contribution in [2.75, 3.05) is 5.75 Å². The Morgan fingerprint density at radius 3 is 2.24 bits per heavy atom. The number of hydrogen-bond donors (Lipinski definition) is 0. The van der Waals surface area contributed by atoms with Gasteiger partial charge in [0, 0.05) is 12.2 Å². The number of rotatable bonds is 6. The van der Waals surface area contributed by atoms with Crippen molar-refractivity contribution in [1.29, 1.82) is 0 Å². The number of carbonyl (C=O) groups excluding carboxylic acids is 1. The van der Waals surface area contributed by atoms with Crippen LogP contribution in [-0.4, -0.2) is 11.5 Å². The summed E-state index contributed by atoms with van der Waals surface area (Å²) in [4.78, 5) is 11.9. The summed E-state index contributed by atoms with van der Waals surface area (Å²) in [5.41, 5.74) is 4.63. The molecule has 0 atom stereocenters. The molecule has 0 saturated carbocycles. The molecule has 0 aliphatic heterocycles. The Morgan fingerprint density at radius 1 is 1.00 bits per heavy atom. The Bertz CT molecular complexity index is 599. The van der Waals surface area contributed by atoms with Crippen molar-refractivity contribution in [3.8, 4) is 0 Å². The second-order valence-corrected chi connectivity index (χ2v) is 6.32. The molecule has 110 valence electrons. The number of carbonyl (C=O) groups is 1. The van der Waals surface area contributed by atoms with Crippen molar-refractivity contribution in [3.63, 3.8) is 0 Å². The summed E-state index contributed by atoms with van der Waals surface area (Å²) in [5.74, 6) is 1.24. The monoisotopic (exact) mass is 302 g/mol. The quantitative estimate of drug-likeness (QED) is 0.782. The van der Waals surface area contributed by atoms with Gasteiger partial charge in [0.1, 0.15) is 11.6 Å². The Morgan fingerprint density at radius 2 is 1.62 bits per heavy atom. The van der Waals surface area contributed by atoms with Crippen LogP contribution >= 0.6 is 11.8 Å². The first-order valence-electron chi connectivity index (χ1n) is 6.94. The third-order valence-electron chi connectivity index (χ3n) is 3.13. The molecule has 3 heteroatoms. The van der Waals surface area contributed by atoms with Gasteiger partial charge in [-0.05, 0) is 37.1 Å². The van der Waals surface area contributed by atoms with E-state index in [1.54, 1.807) is 23.9 Å². The maximum absolute atomic E-state index is 12.8. The van der Waals surface area contributed by atoms with E-state index in [1.165, 1.54) is 28.8 Å². The van der Waals surface area contributed by atoms with Crippen LogP contribution in [0.5, 0.6) is 0 Å². The molecular weight excluding hydrogens is 283 g/mol. The van der Waals surface area contributed by atoms with Crippen molar-refractivity contribution in [1.82, 2.24) is 0 Å². The van der Waals surface area contributed by atoms with E-state index in [0.717, 1.165) is 11.3 Å². The lowest BCUT2D eigenvalue weighted by atomic mass is 10.1. The minimum Gasteiger partial charge on any atom is -0.298 e. The molecule has 0 aliphatic carbocycles. The van der Waals surface area contributed by atoms with Gasteiger partial charge >= 0.3 is 0 Å². The molecule has 0 spiro atoms. The average molecular weight is 302 g/mol. The lowest BCUT2D eigenvalue weighted by Crippen LogP contribution is -2.06. The molecular formula is C18H19FOS. The standard InChI is InChI=1S/C18H19FOS/c1-13-7-14(2)9-16(8-13)11-21-12-18(20)10-15-3-5-17(19)6-4-15/h3-9H,10-12H2,1-2H3. The van der Waals surface area contributed by atoms with Crippen LogP contribution in [0.25, 0.3) is 0 Å². The van der Waals surface area contributed by atoms with Crippen molar-refractivity contribution in [2.24, 2.45) is 0 Å². The molecule has 0 heterocycles. The fourth-order valence-corrected chi connectivity index (χ4v) is 3.15. The first-order chi connectivity index (χ1) is 10.0. The molecule has 0 unspecified atom stereocenters. The molecule has 2 rings (SSSR count). The predicted octanol–water partition coefficient (Wildman–Crippen LogP) is 4.49. The molecule has 2 aromatic carbocycles. The van der Waals surface area contributed by atoms with Gasteiger partial charge < -0.3 is 0 Å². The van der Waals surface area contributed by atoms with E-state index in [2.05, 4.69) is 32.0 Å². The van der Waals surface area contributed by atoms with Gasteiger partial charge in [0.15, 0.2) is 0 Å². The number of thioether (sulfide) groups is 1. The van der Waals surface area contributed by atoms with Crippen molar-refractivity contribution in [2.45, 2.75) is 26.0 Å². The zero-order valence-electron chi connectivity index (χ0n) is 12.4. The minimum atomic E-state index is -0.268. The summed E-state index contributed by atoms with van der Waals surface area (Å²) >= 11 is 1.63. The van der Waals surface area contributed by atoms with Crippen LogP contribution in [0.4, 0.5) is 4.39 Å². The Kier molecular flexibility index (Phi) is 5.57. The number of halogens is 1. The van der Waals surface area contributed by atoms with Gasteiger partial charge in [0.05, 0.1) is 5.75 Å². The van der Waals surface area contributed by atoms with Gasteiger partial charge in [0.2, 0.25) is 0 Å². The van der Waals surface area contributed by atoms with Crippen LogP contribution in [0.15, 0.2) is 42.5 Å². The van der Waals surface area contributed by atoms with Crippen LogP contribution in [-0.2, 0) is 17.0 Å². The molecule has 0 saturated heterocycles. The number of Topliss-reactive ketones (excluding diaryl/α,β-unsaturated/α-hetero) is 1. The van der Waals surface area contributed by atoms with Gasteiger partial charge in [-0.3, -0.25) is 4.79 Å². The van der Waals surface area contributed by atoms with Crippen LogP contribution in [0.3, 0.4) is 0 Å². The minimum absolute atomic E-state index is 0.177. The van der Waals surface area contributed by atoms with E-state index in [4.69, 9.17) is 0 Å². The molecule has 0 amide bonds. The van der Waals surface area contributed by atoms with Crippen molar-refractivity contribution < 1.29 is 9.18 Å². The van der Waals surface area contributed by atoms with Gasteiger partial charge in [0.25, 0.3) is 0 Å². The summed E-state index contributed by atoms with van der Waals surface area (Å²) in [6.45, 7) is 4.17. The molecule has 1 nitrogen and oxygen atoms in total. The molecule has 0 radical (unpaired) electrons. The zero-order valence-corrected chi connectivity index (χ0v) is 13.2. The highest BCUT2D eigenvalue weighted by Gasteiger charge is 2.05. The SMILES string of the molecule is Cc1cc(C)cc(CSCC(=O)Cc2ccc(F)cc2)c1. The zero-order chi connectivity index (χ0) is 15.2. The number of benzene rings is 2. The first kappa shape index (κ1) is 15.8. The summed E-state index contributed by atoms with van der Waals surface area (Å²) in [6.07, 6.45) is 0.375. The Balaban J connectivity index is 1.80. The maximum atomic E-state index is 12.8. The van der Waals surface area contributed by atoms with E-state index in [1.807, 2.05) is 0 Å². The summed E-state index contributed by atoms with van der Waals surface area (Å²) in [5, 5.41) is 0. The lowest BCUT2D eigenvalue weighted by Gasteiger charge is -2.05. The molecule has 0 N–H and O–H groups in total. The van der Waals surface area contributed by atoms with Crippen LogP contribution < -0.4 is 0 Å². The molecule has 0 fully saturated rings. The van der Waals surface area contributed by atoms with Gasteiger partial charge in [-0.2, -0.15) is 0 Å². The van der Waals surface area contributed by atoms with Crippen LogP contribution in [0.2, 0.25) is 0 Å². The fourth-order valence-electron chi connectivity index (χ4n) is 2.32. The summed E-state index contributed by atoms with van der Waals surface area (Å²) in [7, 11) is 0. The third-order valence-corrected chi connectivity index (χ3v) is 4.19. The second-order valence-electron chi connectivity index (χ2n) is 5.33. The van der Waals surface area contributed by atoms with Gasteiger partial charge in [-0.15, -0.1) is 11.8 Å². The molecule has 0 aliphatic rings. The normalized spacial score (nSPS) is 10.6. The maximum Gasteiger partial charge on any atom is 0.147 e. The van der Waals surface area contributed by atoms with Crippen molar-refractivity contribution in [3.05, 3.63) is 70.5 Å².